The fraction of sp³-hybridized carbons (Fsp3) is 1.00. The van der Waals surface area contributed by atoms with Crippen molar-refractivity contribution in [3.05, 3.63) is 0 Å². The predicted octanol–water partition coefficient (Wildman–Crippen LogP) is 1.75. The second-order valence-electron chi connectivity index (χ2n) is 4.03. The molecule has 0 spiro atoms. The van der Waals surface area contributed by atoms with Gasteiger partial charge >= 0.3 is 0 Å². The van der Waals surface area contributed by atoms with Crippen LogP contribution in [0.5, 0.6) is 0 Å². The molecule has 1 heterocycles. The number of hydrogen-bond acceptors (Lipinski definition) is 2. The van der Waals surface area contributed by atoms with Crippen LogP contribution in [0.3, 0.4) is 0 Å². The molecule has 1 saturated heterocycles. The van der Waals surface area contributed by atoms with Crippen LogP contribution in [0.1, 0.15) is 27.2 Å². The quantitative estimate of drug-likeness (QED) is 0.641. The predicted molar refractivity (Wildman–Crippen MR) is 51.3 cm³/mol. The minimum Gasteiger partial charge on any atom is -0.378 e. The van der Waals surface area contributed by atoms with Crippen molar-refractivity contribution in [3.63, 3.8) is 0 Å². The minimum absolute atomic E-state index is 0.668. The molecule has 1 aliphatic rings. The van der Waals surface area contributed by atoms with Gasteiger partial charge in [-0.3, -0.25) is 4.90 Å². The summed E-state index contributed by atoms with van der Waals surface area (Å²) in [5.41, 5.74) is 0. The SMILES string of the molecule is CC[C@H]1COCCN1CC(C)C. The number of nitrogens with zero attached hydrogens (tertiary/aromatic N) is 1. The molecule has 0 aromatic carbocycles. The topological polar surface area (TPSA) is 12.5 Å². The van der Waals surface area contributed by atoms with E-state index in [1.165, 1.54) is 13.0 Å². The van der Waals surface area contributed by atoms with Gasteiger partial charge in [0.05, 0.1) is 13.2 Å². The van der Waals surface area contributed by atoms with Crippen LogP contribution in [0, 0.1) is 5.92 Å². The van der Waals surface area contributed by atoms with E-state index in [2.05, 4.69) is 25.7 Å². The first-order chi connectivity index (χ1) is 5.74. The molecule has 0 radical (unpaired) electrons. The molecule has 2 nitrogen and oxygen atoms in total. The van der Waals surface area contributed by atoms with E-state index in [4.69, 9.17) is 4.74 Å². The molecule has 2 heteroatoms. The first kappa shape index (κ1) is 10.0. The van der Waals surface area contributed by atoms with Gasteiger partial charge < -0.3 is 4.74 Å². The fourth-order valence-corrected chi connectivity index (χ4v) is 1.77. The average Bonchev–Trinajstić information content (AvgIpc) is 2.04. The zero-order valence-corrected chi connectivity index (χ0v) is 8.55. The Labute approximate surface area is 75.9 Å². The Morgan fingerprint density at radius 1 is 1.50 bits per heavy atom. The molecule has 1 atom stereocenters. The molecule has 0 N–H and O–H groups in total. The van der Waals surface area contributed by atoms with Gasteiger partial charge in [-0.25, -0.2) is 0 Å². The smallest absolute Gasteiger partial charge is 0.0622 e. The molecule has 0 saturated carbocycles. The zero-order valence-electron chi connectivity index (χ0n) is 8.55. The van der Waals surface area contributed by atoms with E-state index >= 15 is 0 Å². The normalized spacial score (nSPS) is 26.5. The average molecular weight is 171 g/mol. The maximum atomic E-state index is 5.44. The summed E-state index contributed by atoms with van der Waals surface area (Å²) in [6.07, 6.45) is 1.22. The van der Waals surface area contributed by atoms with Crippen LogP contribution in [0.15, 0.2) is 0 Å². The summed E-state index contributed by atoms with van der Waals surface area (Å²) in [4.78, 5) is 2.56. The van der Waals surface area contributed by atoms with E-state index in [0.717, 1.165) is 25.7 Å². The molecule has 0 amide bonds. The summed E-state index contributed by atoms with van der Waals surface area (Å²) in [6, 6.07) is 0.668. The van der Waals surface area contributed by atoms with Crippen molar-refractivity contribution in [3.8, 4) is 0 Å². The maximum Gasteiger partial charge on any atom is 0.0622 e. The summed E-state index contributed by atoms with van der Waals surface area (Å²) < 4.78 is 5.44. The largest absolute Gasteiger partial charge is 0.378 e. The summed E-state index contributed by atoms with van der Waals surface area (Å²) >= 11 is 0. The molecule has 1 fully saturated rings. The van der Waals surface area contributed by atoms with Crippen molar-refractivity contribution in [2.45, 2.75) is 33.2 Å². The molecule has 0 aromatic rings. The van der Waals surface area contributed by atoms with Gasteiger partial charge in [0.15, 0.2) is 0 Å². The lowest BCUT2D eigenvalue weighted by atomic mass is 10.1. The third kappa shape index (κ3) is 2.76. The number of hydrogen-bond donors (Lipinski definition) is 0. The zero-order chi connectivity index (χ0) is 8.97. The highest BCUT2D eigenvalue weighted by Gasteiger charge is 2.21. The lowest BCUT2D eigenvalue weighted by Crippen LogP contribution is -2.46. The molecular weight excluding hydrogens is 150 g/mol. The Morgan fingerprint density at radius 2 is 2.25 bits per heavy atom. The molecule has 0 bridgehead atoms. The lowest BCUT2D eigenvalue weighted by molar-refractivity contribution is -0.0134. The highest BCUT2D eigenvalue weighted by Crippen LogP contribution is 2.11. The van der Waals surface area contributed by atoms with Gasteiger partial charge in [-0.05, 0) is 12.3 Å². The Bertz CT molecular complexity index is 125. The van der Waals surface area contributed by atoms with Crippen LogP contribution in [0.25, 0.3) is 0 Å². The first-order valence-electron chi connectivity index (χ1n) is 5.05. The van der Waals surface area contributed by atoms with Crippen molar-refractivity contribution >= 4 is 0 Å². The van der Waals surface area contributed by atoms with Gasteiger partial charge in [0.2, 0.25) is 0 Å². The van der Waals surface area contributed by atoms with E-state index in [0.29, 0.717) is 6.04 Å². The van der Waals surface area contributed by atoms with Crippen LogP contribution in [-0.2, 0) is 4.74 Å². The van der Waals surface area contributed by atoms with Crippen LogP contribution in [0.2, 0.25) is 0 Å². The Kier molecular flexibility index (Phi) is 4.02. The number of morpholine rings is 1. The van der Waals surface area contributed by atoms with Crippen molar-refractivity contribution in [2.24, 2.45) is 5.92 Å². The van der Waals surface area contributed by atoms with E-state index in [-0.39, 0.29) is 0 Å². The van der Waals surface area contributed by atoms with Gasteiger partial charge in [-0.1, -0.05) is 20.8 Å². The van der Waals surface area contributed by atoms with E-state index in [9.17, 15) is 0 Å². The van der Waals surface area contributed by atoms with Crippen molar-refractivity contribution in [1.29, 1.82) is 0 Å². The van der Waals surface area contributed by atoms with Crippen LogP contribution in [-0.4, -0.2) is 37.2 Å². The molecule has 1 rings (SSSR count). The molecule has 1 aliphatic heterocycles. The van der Waals surface area contributed by atoms with Crippen molar-refractivity contribution in [2.75, 3.05) is 26.3 Å². The third-order valence-electron chi connectivity index (χ3n) is 2.42. The van der Waals surface area contributed by atoms with Crippen molar-refractivity contribution in [1.82, 2.24) is 4.90 Å². The van der Waals surface area contributed by atoms with Crippen LogP contribution >= 0.6 is 0 Å². The van der Waals surface area contributed by atoms with Crippen molar-refractivity contribution < 1.29 is 4.74 Å². The number of rotatable bonds is 3. The summed E-state index contributed by atoms with van der Waals surface area (Å²) in [7, 11) is 0. The lowest BCUT2D eigenvalue weighted by Gasteiger charge is -2.36. The van der Waals surface area contributed by atoms with E-state index < -0.39 is 0 Å². The maximum absolute atomic E-state index is 5.44. The van der Waals surface area contributed by atoms with Gasteiger partial charge in [0.1, 0.15) is 0 Å². The standard InChI is InChI=1S/C10H21NO/c1-4-10-8-12-6-5-11(10)7-9(2)3/h9-10H,4-8H2,1-3H3/t10-/m0/s1. The monoisotopic (exact) mass is 171 g/mol. The van der Waals surface area contributed by atoms with Crippen LogP contribution < -0.4 is 0 Å². The summed E-state index contributed by atoms with van der Waals surface area (Å²) in [5, 5.41) is 0. The highest BCUT2D eigenvalue weighted by molar-refractivity contribution is 4.74. The molecule has 0 aliphatic carbocycles. The van der Waals surface area contributed by atoms with Gasteiger partial charge in [-0.2, -0.15) is 0 Å². The molecule has 12 heavy (non-hydrogen) atoms. The fourth-order valence-electron chi connectivity index (χ4n) is 1.77. The van der Waals surface area contributed by atoms with Gasteiger partial charge in [0, 0.05) is 19.1 Å². The third-order valence-corrected chi connectivity index (χ3v) is 2.42. The summed E-state index contributed by atoms with van der Waals surface area (Å²) in [5.74, 6) is 0.775. The second kappa shape index (κ2) is 4.83. The molecule has 72 valence electrons. The Morgan fingerprint density at radius 3 is 2.83 bits per heavy atom. The molecule has 0 unspecified atom stereocenters. The molecule has 0 aromatic heterocycles. The van der Waals surface area contributed by atoms with E-state index in [1.54, 1.807) is 0 Å². The Hall–Kier alpha value is -0.0800. The van der Waals surface area contributed by atoms with Gasteiger partial charge in [-0.15, -0.1) is 0 Å². The summed E-state index contributed by atoms with van der Waals surface area (Å²) in [6.45, 7) is 11.0. The second-order valence-corrected chi connectivity index (χ2v) is 4.03. The number of ether oxygens (including phenoxy) is 1. The highest BCUT2D eigenvalue weighted by atomic mass is 16.5. The van der Waals surface area contributed by atoms with Gasteiger partial charge in [0.25, 0.3) is 0 Å². The minimum atomic E-state index is 0.668. The first-order valence-corrected chi connectivity index (χ1v) is 5.05. The molecular formula is C10H21NO. The van der Waals surface area contributed by atoms with Crippen LogP contribution in [0.4, 0.5) is 0 Å². The Balaban J connectivity index is 2.36. The van der Waals surface area contributed by atoms with E-state index in [1.807, 2.05) is 0 Å².